The molecule has 1 unspecified atom stereocenters. The van der Waals surface area contributed by atoms with Gasteiger partial charge in [-0.05, 0) is 42.0 Å². The maximum Gasteiger partial charge on any atom is 0.258 e. The van der Waals surface area contributed by atoms with Crippen LogP contribution in [-0.4, -0.2) is 31.0 Å². The van der Waals surface area contributed by atoms with Crippen molar-refractivity contribution in [3.8, 4) is 5.75 Å². The van der Waals surface area contributed by atoms with E-state index in [1.807, 2.05) is 73.7 Å². The third-order valence-electron chi connectivity index (χ3n) is 4.93. The Morgan fingerprint density at radius 1 is 1.07 bits per heavy atom. The lowest BCUT2D eigenvalue weighted by molar-refractivity contribution is -0.123. The second kappa shape index (κ2) is 7.72. The Balaban J connectivity index is 1.32. The molecule has 1 aliphatic rings. The molecule has 4 rings (SSSR count). The summed E-state index contributed by atoms with van der Waals surface area (Å²) in [6.07, 6.45) is 0.301. The van der Waals surface area contributed by atoms with Crippen LogP contribution in [0.15, 0.2) is 66.7 Å². The smallest absolute Gasteiger partial charge is 0.258 e. The summed E-state index contributed by atoms with van der Waals surface area (Å²) in [5.41, 5.74) is 2.01. The zero-order valence-electron chi connectivity index (χ0n) is 15.7. The van der Waals surface area contributed by atoms with Crippen LogP contribution < -0.4 is 15.0 Å². The van der Waals surface area contributed by atoms with Crippen molar-refractivity contribution in [1.29, 1.82) is 0 Å². The maximum atomic E-state index is 12.3. The lowest BCUT2D eigenvalue weighted by Gasteiger charge is -2.17. The summed E-state index contributed by atoms with van der Waals surface area (Å²) in [6, 6.07) is 21.3. The molecule has 28 heavy (non-hydrogen) atoms. The number of nitrogens with one attached hydrogen (secondary N) is 1. The monoisotopic (exact) mass is 374 g/mol. The van der Waals surface area contributed by atoms with Crippen molar-refractivity contribution >= 4 is 28.3 Å². The van der Waals surface area contributed by atoms with E-state index < -0.39 is 0 Å². The number of amides is 2. The number of nitrogens with zero attached hydrogens (tertiary/aromatic N) is 1. The van der Waals surface area contributed by atoms with Gasteiger partial charge in [-0.3, -0.25) is 9.59 Å². The molecule has 0 radical (unpaired) electrons. The average Bonchev–Trinajstić information content (AvgIpc) is 3.06. The van der Waals surface area contributed by atoms with Crippen LogP contribution in [0.5, 0.6) is 5.75 Å². The van der Waals surface area contributed by atoms with Gasteiger partial charge in [-0.25, -0.2) is 0 Å². The first-order valence-electron chi connectivity index (χ1n) is 9.36. The minimum atomic E-state index is -0.225. The highest BCUT2D eigenvalue weighted by atomic mass is 16.5. The number of hydrogen-bond donors (Lipinski definition) is 1. The van der Waals surface area contributed by atoms with Gasteiger partial charge in [-0.2, -0.15) is 0 Å². The highest BCUT2D eigenvalue weighted by Crippen LogP contribution is 2.22. The van der Waals surface area contributed by atoms with Crippen LogP contribution >= 0.6 is 0 Å². The van der Waals surface area contributed by atoms with E-state index in [9.17, 15) is 9.59 Å². The van der Waals surface area contributed by atoms with Crippen LogP contribution in [0.2, 0.25) is 0 Å². The Kier molecular flexibility index (Phi) is 4.98. The summed E-state index contributed by atoms with van der Waals surface area (Å²) in [4.78, 5) is 26.3. The first-order chi connectivity index (χ1) is 13.6. The van der Waals surface area contributed by atoms with Crippen molar-refractivity contribution in [2.75, 3.05) is 18.1 Å². The SMILES string of the molecule is Cc1ccc(N2CC(NC(=O)COc3ccc4ccccc4c3)CC2=O)cc1. The Morgan fingerprint density at radius 3 is 2.61 bits per heavy atom. The number of rotatable bonds is 5. The number of hydrogen-bond acceptors (Lipinski definition) is 3. The van der Waals surface area contributed by atoms with Gasteiger partial charge in [-0.15, -0.1) is 0 Å². The highest BCUT2D eigenvalue weighted by Gasteiger charge is 2.31. The summed E-state index contributed by atoms with van der Waals surface area (Å²) in [5, 5.41) is 5.09. The molecule has 1 atom stereocenters. The van der Waals surface area contributed by atoms with Crippen molar-refractivity contribution in [3.05, 3.63) is 72.3 Å². The van der Waals surface area contributed by atoms with Gasteiger partial charge in [0.15, 0.2) is 6.61 Å². The van der Waals surface area contributed by atoms with Gasteiger partial charge < -0.3 is 15.0 Å². The number of fused-ring (bicyclic) bond motifs is 1. The zero-order valence-corrected chi connectivity index (χ0v) is 15.7. The van der Waals surface area contributed by atoms with Crippen LogP contribution in [0.1, 0.15) is 12.0 Å². The van der Waals surface area contributed by atoms with Gasteiger partial charge in [0.1, 0.15) is 5.75 Å². The highest BCUT2D eigenvalue weighted by molar-refractivity contribution is 5.97. The number of aryl methyl sites for hydroxylation is 1. The van der Waals surface area contributed by atoms with Gasteiger partial charge in [-0.1, -0.05) is 48.0 Å². The molecule has 2 amide bonds. The fourth-order valence-electron chi connectivity index (χ4n) is 3.45. The van der Waals surface area contributed by atoms with E-state index in [0.29, 0.717) is 18.7 Å². The Bertz CT molecular complexity index is 1010. The van der Waals surface area contributed by atoms with Gasteiger partial charge in [0.25, 0.3) is 5.91 Å². The molecule has 0 saturated carbocycles. The van der Waals surface area contributed by atoms with Crippen molar-refractivity contribution in [2.45, 2.75) is 19.4 Å². The lowest BCUT2D eigenvalue weighted by Crippen LogP contribution is -2.39. The molecular weight excluding hydrogens is 352 g/mol. The molecule has 0 bridgehead atoms. The van der Waals surface area contributed by atoms with E-state index in [1.165, 1.54) is 0 Å². The van der Waals surface area contributed by atoms with Crippen LogP contribution in [0, 0.1) is 6.92 Å². The molecule has 0 aliphatic carbocycles. The van der Waals surface area contributed by atoms with Crippen LogP contribution in [0.4, 0.5) is 5.69 Å². The van der Waals surface area contributed by atoms with E-state index in [1.54, 1.807) is 4.90 Å². The third kappa shape index (κ3) is 3.98. The van der Waals surface area contributed by atoms with Gasteiger partial charge in [0.2, 0.25) is 5.91 Å². The number of carbonyl (C=O) groups is 2. The maximum absolute atomic E-state index is 12.3. The van der Waals surface area contributed by atoms with Gasteiger partial charge >= 0.3 is 0 Å². The molecule has 142 valence electrons. The number of ether oxygens (including phenoxy) is 1. The molecule has 5 nitrogen and oxygen atoms in total. The van der Waals surface area contributed by atoms with Crippen LogP contribution in [0.3, 0.4) is 0 Å². The Labute approximate surface area is 163 Å². The molecule has 1 saturated heterocycles. The minimum absolute atomic E-state index is 0.0181. The van der Waals surface area contributed by atoms with E-state index in [2.05, 4.69) is 5.32 Å². The fourth-order valence-corrected chi connectivity index (χ4v) is 3.45. The summed E-state index contributed by atoms with van der Waals surface area (Å²) >= 11 is 0. The molecule has 0 spiro atoms. The predicted molar refractivity (Wildman–Crippen MR) is 110 cm³/mol. The van der Waals surface area contributed by atoms with Crippen LogP contribution in [-0.2, 0) is 9.59 Å². The topological polar surface area (TPSA) is 58.6 Å². The second-order valence-corrected chi connectivity index (χ2v) is 7.11. The molecule has 3 aromatic rings. The first kappa shape index (κ1) is 18.0. The number of benzene rings is 3. The molecular formula is C23H22N2O3. The number of carbonyl (C=O) groups excluding carboxylic acids is 2. The van der Waals surface area contributed by atoms with E-state index >= 15 is 0 Å². The largest absolute Gasteiger partial charge is 0.484 e. The van der Waals surface area contributed by atoms with Crippen molar-refractivity contribution in [1.82, 2.24) is 5.32 Å². The fraction of sp³-hybridized carbons (Fsp3) is 0.217. The van der Waals surface area contributed by atoms with Gasteiger partial charge in [0, 0.05) is 18.7 Å². The van der Waals surface area contributed by atoms with Crippen molar-refractivity contribution in [3.63, 3.8) is 0 Å². The summed E-state index contributed by atoms with van der Waals surface area (Å²) in [5.74, 6) is 0.443. The summed E-state index contributed by atoms with van der Waals surface area (Å²) in [6.45, 7) is 2.41. The van der Waals surface area contributed by atoms with E-state index in [-0.39, 0.29) is 24.5 Å². The molecule has 0 aromatic heterocycles. The van der Waals surface area contributed by atoms with Crippen molar-refractivity contribution < 1.29 is 14.3 Å². The Hall–Kier alpha value is -3.34. The third-order valence-corrected chi connectivity index (χ3v) is 4.93. The van der Waals surface area contributed by atoms with E-state index in [4.69, 9.17) is 4.74 Å². The summed E-state index contributed by atoms with van der Waals surface area (Å²) < 4.78 is 5.63. The van der Waals surface area contributed by atoms with Crippen molar-refractivity contribution in [2.24, 2.45) is 0 Å². The quantitative estimate of drug-likeness (QED) is 0.744. The molecule has 1 aliphatic heterocycles. The molecule has 3 aromatic carbocycles. The zero-order chi connectivity index (χ0) is 19.5. The molecule has 1 heterocycles. The van der Waals surface area contributed by atoms with E-state index in [0.717, 1.165) is 22.0 Å². The molecule has 1 fully saturated rings. The second-order valence-electron chi connectivity index (χ2n) is 7.11. The number of anilines is 1. The molecule has 5 heteroatoms. The lowest BCUT2D eigenvalue weighted by atomic mass is 10.1. The predicted octanol–water partition coefficient (Wildman–Crippen LogP) is 3.45. The van der Waals surface area contributed by atoms with Crippen LogP contribution in [0.25, 0.3) is 10.8 Å². The average molecular weight is 374 g/mol. The Morgan fingerprint density at radius 2 is 1.82 bits per heavy atom. The molecule has 1 N–H and O–H groups in total. The normalized spacial score (nSPS) is 16.4. The first-order valence-corrected chi connectivity index (χ1v) is 9.36. The minimum Gasteiger partial charge on any atom is -0.484 e. The summed E-state index contributed by atoms with van der Waals surface area (Å²) in [7, 11) is 0. The van der Waals surface area contributed by atoms with Gasteiger partial charge in [0.05, 0.1) is 6.04 Å². The standard InChI is InChI=1S/C23H22N2O3/c1-16-6-9-20(10-7-16)25-14-19(13-23(25)27)24-22(26)15-28-21-11-8-17-4-2-3-5-18(17)12-21/h2-12,19H,13-15H2,1H3,(H,24,26).